The van der Waals surface area contributed by atoms with E-state index in [1.54, 1.807) is 25.3 Å². The molecular weight excluding hydrogens is 302 g/mol. The van der Waals surface area contributed by atoms with E-state index >= 15 is 0 Å². The second-order valence-corrected chi connectivity index (χ2v) is 5.62. The Balaban J connectivity index is 1.88. The SMILES string of the molecule is COc1ccccc1OC(=O)Cc1c(C)nc2ccccc2c1C. The van der Waals surface area contributed by atoms with Crippen molar-refractivity contribution in [1.82, 2.24) is 4.98 Å². The molecule has 0 amide bonds. The predicted octanol–water partition coefficient (Wildman–Crippen LogP) is 4.01. The van der Waals surface area contributed by atoms with Crippen molar-refractivity contribution in [3.63, 3.8) is 0 Å². The molecule has 0 radical (unpaired) electrons. The Morgan fingerprint density at radius 2 is 1.67 bits per heavy atom. The van der Waals surface area contributed by atoms with Gasteiger partial charge in [-0.25, -0.2) is 0 Å². The normalized spacial score (nSPS) is 10.6. The van der Waals surface area contributed by atoms with E-state index in [1.165, 1.54) is 0 Å². The summed E-state index contributed by atoms with van der Waals surface area (Å²) >= 11 is 0. The van der Waals surface area contributed by atoms with Crippen molar-refractivity contribution >= 4 is 16.9 Å². The molecule has 4 heteroatoms. The third kappa shape index (κ3) is 3.08. The van der Waals surface area contributed by atoms with Crippen molar-refractivity contribution in [1.29, 1.82) is 0 Å². The van der Waals surface area contributed by atoms with Crippen molar-refractivity contribution in [2.75, 3.05) is 7.11 Å². The number of carbonyl (C=O) groups excluding carboxylic acids is 1. The Morgan fingerprint density at radius 1 is 1.00 bits per heavy atom. The number of hydrogen-bond donors (Lipinski definition) is 0. The topological polar surface area (TPSA) is 48.4 Å². The molecule has 0 unspecified atom stereocenters. The van der Waals surface area contributed by atoms with Gasteiger partial charge < -0.3 is 9.47 Å². The predicted molar refractivity (Wildman–Crippen MR) is 93.6 cm³/mol. The van der Waals surface area contributed by atoms with Crippen LogP contribution in [0.4, 0.5) is 0 Å². The maximum absolute atomic E-state index is 12.4. The molecule has 0 N–H and O–H groups in total. The van der Waals surface area contributed by atoms with E-state index in [1.807, 2.05) is 44.2 Å². The fourth-order valence-corrected chi connectivity index (χ4v) is 2.84. The van der Waals surface area contributed by atoms with Gasteiger partial charge in [-0.15, -0.1) is 0 Å². The van der Waals surface area contributed by atoms with Gasteiger partial charge in [-0.1, -0.05) is 30.3 Å². The Labute approximate surface area is 141 Å². The summed E-state index contributed by atoms with van der Waals surface area (Å²) in [7, 11) is 1.55. The fourth-order valence-electron chi connectivity index (χ4n) is 2.84. The fraction of sp³-hybridized carbons (Fsp3) is 0.200. The standard InChI is InChI=1S/C20H19NO3/c1-13-15-8-4-5-9-17(15)21-14(2)16(13)12-20(22)24-19-11-7-6-10-18(19)23-3/h4-11H,12H2,1-3H3. The van der Waals surface area contributed by atoms with Crippen LogP contribution >= 0.6 is 0 Å². The van der Waals surface area contributed by atoms with Crippen molar-refractivity contribution in [3.05, 3.63) is 65.4 Å². The molecule has 0 aliphatic carbocycles. The summed E-state index contributed by atoms with van der Waals surface area (Å²) in [4.78, 5) is 17.0. The Hall–Kier alpha value is -2.88. The number of benzene rings is 2. The first-order chi connectivity index (χ1) is 11.6. The molecule has 1 aromatic heterocycles. The summed E-state index contributed by atoms with van der Waals surface area (Å²) in [5.74, 6) is 0.632. The van der Waals surface area contributed by atoms with Crippen LogP contribution in [0.15, 0.2) is 48.5 Å². The second-order valence-electron chi connectivity index (χ2n) is 5.62. The minimum absolute atomic E-state index is 0.174. The van der Waals surface area contributed by atoms with E-state index in [0.29, 0.717) is 11.5 Å². The average Bonchev–Trinajstić information content (AvgIpc) is 2.59. The molecule has 0 aliphatic heterocycles. The van der Waals surface area contributed by atoms with Gasteiger partial charge in [-0.05, 0) is 43.2 Å². The second kappa shape index (κ2) is 6.71. The largest absolute Gasteiger partial charge is 0.493 e. The van der Waals surface area contributed by atoms with Crippen LogP contribution in [0.3, 0.4) is 0 Å². The number of ether oxygens (including phenoxy) is 2. The van der Waals surface area contributed by atoms with E-state index in [0.717, 1.165) is 27.7 Å². The highest BCUT2D eigenvalue weighted by Gasteiger charge is 2.15. The van der Waals surface area contributed by atoms with Gasteiger partial charge in [0, 0.05) is 11.1 Å². The number of para-hydroxylation sites is 3. The smallest absolute Gasteiger partial charge is 0.315 e. The van der Waals surface area contributed by atoms with E-state index < -0.39 is 0 Å². The summed E-state index contributed by atoms with van der Waals surface area (Å²) in [6.07, 6.45) is 0.174. The van der Waals surface area contributed by atoms with E-state index in [4.69, 9.17) is 9.47 Å². The zero-order chi connectivity index (χ0) is 17.1. The van der Waals surface area contributed by atoms with Crippen molar-refractivity contribution in [3.8, 4) is 11.5 Å². The highest BCUT2D eigenvalue weighted by molar-refractivity contribution is 5.85. The Kier molecular flexibility index (Phi) is 4.47. The molecule has 0 aliphatic rings. The lowest BCUT2D eigenvalue weighted by molar-refractivity contribution is -0.133. The number of pyridine rings is 1. The van der Waals surface area contributed by atoms with Crippen LogP contribution < -0.4 is 9.47 Å². The number of aryl methyl sites for hydroxylation is 2. The molecule has 4 nitrogen and oxygen atoms in total. The van der Waals surface area contributed by atoms with Crippen molar-refractivity contribution in [2.45, 2.75) is 20.3 Å². The molecule has 0 bridgehead atoms. The molecule has 2 aromatic carbocycles. The third-order valence-electron chi connectivity index (χ3n) is 4.10. The molecule has 122 valence electrons. The van der Waals surface area contributed by atoms with Crippen LogP contribution in [0.2, 0.25) is 0 Å². The van der Waals surface area contributed by atoms with Gasteiger partial charge in [0.2, 0.25) is 0 Å². The van der Waals surface area contributed by atoms with Gasteiger partial charge in [0.1, 0.15) is 0 Å². The first kappa shape index (κ1) is 16.0. The van der Waals surface area contributed by atoms with Crippen LogP contribution in [-0.2, 0) is 11.2 Å². The van der Waals surface area contributed by atoms with Crippen LogP contribution in [0.1, 0.15) is 16.8 Å². The lowest BCUT2D eigenvalue weighted by Gasteiger charge is -2.13. The van der Waals surface area contributed by atoms with Gasteiger partial charge in [0.25, 0.3) is 0 Å². The van der Waals surface area contributed by atoms with Gasteiger partial charge in [-0.2, -0.15) is 0 Å². The monoisotopic (exact) mass is 321 g/mol. The van der Waals surface area contributed by atoms with E-state index in [2.05, 4.69) is 4.98 Å². The molecule has 24 heavy (non-hydrogen) atoms. The number of esters is 1. The maximum atomic E-state index is 12.4. The number of hydrogen-bond acceptors (Lipinski definition) is 4. The average molecular weight is 321 g/mol. The Morgan fingerprint density at radius 3 is 2.42 bits per heavy atom. The molecule has 3 aromatic rings. The van der Waals surface area contributed by atoms with Crippen molar-refractivity contribution in [2.24, 2.45) is 0 Å². The molecule has 0 saturated carbocycles. The van der Waals surface area contributed by atoms with Crippen LogP contribution in [0, 0.1) is 13.8 Å². The first-order valence-electron chi connectivity index (χ1n) is 7.78. The Bertz CT molecular complexity index is 903. The molecule has 0 spiro atoms. The van der Waals surface area contributed by atoms with Gasteiger partial charge in [0.05, 0.1) is 19.0 Å². The van der Waals surface area contributed by atoms with E-state index in [-0.39, 0.29) is 12.4 Å². The lowest BCUT2D eigenvalue weighted by Crippen LogP contribution is -2.14. The van der Waals surface area contributed by atoms with Gasteiger partial charge in [-0.3, -0.25) is 9.78 Å². The van der Waals surface area contributed by atoms with Crippen LogP contribution in [0.25, 0.3) is 10.9 Å². The summed E-state index contributed by atoms with van der Waals surface area (Å²) in [5.41, 5.74) is 3.76. The van der Waals surface area contributed by atoms with Gasteiger partial charge in [0.15, 0.2) is 11.5 Å². The lowest BCUT2D eigenvalue weighted by atomic mass is 10.00. The van der Waals surface area contributed by atoms with Gasteiger partial charge >= 0.3 is 5.97 Å². The molecule has 0 fully saturated rings. The number of fused-ring (bicyclic) bond motifs is 1. The summed E-state index contributed by atoms with van der Waals surface area (Å²) < 4.78 is 10.7. The summed E-state index contributed by atoms with van der Waals surface area (Å²) in [6, 6.07) is 15.0. The maximum Gasteiger partial charge on any atom is 0.315 e. The minimum atomic E-state index is -0.331. The highest BCUT2D eigenvalue weighted by Crippen LogP contribution is 2.27. The molecule has 3 rings (SSSR count). The minimum Gasteiger partial charge on any atom is -0.493 e. The summed E-state index contributed by atoms with van der Waals surface area (Å²) in [6.45, 7) is 3.94. The number of nitrogens with zero attached hydrogens (tertiary/aromatic N) is 1. The molecule has 0 atom stereocenters. The zero-order valence-electron chi connectivity index (χ0n) is 14.0. The number of rotatable bonds is 4. The molecular formula is C20H19NO3. The van der Waals surface area contributed by atoms with E-state index in [9.17, 15) is 4.79 Å². The number of aromatic nitrogens is 1. The number of carbonyl (C=O) groups is 1. The molecule has 1 heterocycles. The highest BCUT2D eigenvalue weighted by atomic mass is 16.6. The summed E-state index contributed by atoms with van der Waals surface area (Å²) in [5, 5.41) is 1.06. The third-order valence-corrected chi connectivity index (χ3v) is 4.10. The zero-order valence-corrected chi connectivity index (χ0v) is 14.0. The quantitative estimate of drug-likeness (QED) is 0.538. The molecule has 0 saturated heterocycles. The number of methoxy groups -OCH3 is 1. The van der Waals surface area contributed by atoms with Crippen LogP contribution in [0.5, 0.6) is 11.5 Å². The van der Waals surface area contributed by atoms with Crippen LogP contribution in [-0.4, -0.2) is 18.1 Å². The van der Waals surface area contributed by atoms with Crippen molar-refractivity contribution < 1.29 is 14.3 Å². The first-order valence-corrected chi connectivity index (χ1v) is 7.78.